The van der Waals surface area contributed by atoms with Gasteiger partial charge in [0.25, 0.3) is 0 Å². The van der Waals surface area contributed by atoms with Crippen molar-refractivity contribution >= 4 is 17.4 Å². The van der Waals surface area contributed by atoms with E-state index in [1.54, 1.807) is 12.1 Å². The van der Waals surface area contributed by atoms with E-state index in [-0.39, 0.29) is 5.78 Å². The molecule has 0 amide bonds. The van der Waals surface area contributed by atoms with Gasteiger partial charge in [-0.15, -0.1) is 0 Å². The van der Waals surface area contributed by atoms with Gasteiger partial charge in [-0.2, -0.15) is 0 Å². The van der Waals surface area contributed by atoms with Crippen molar-refractivity contribution in [1.29, 1.82) is 0 Å². The highest BCUT2D eigenvalue weighted by atomic mass is 35.5. The van der Waals surface area contributed by atoms with Gasteiger partial charge in [0.15, 0.2) is 5.78 Å². The van der Waals surface area contributed by atoms with Gasteiger partial charge in [-0.1, -0.05) is 23.7 Å². The number of Topliss-reactive ketones (excluding diaryl/α,β-unsaturated/α-hetero) is 1. The lowest BCUT2D eigenvalue weighted by Gasteiger charge is -2.37. The molecule has 2 aliphatic rings. The summed E-state index contributed by atoms with van der Waals surface area (Å²) in [5.74, 6) is 0.175. The Hall–Kier alpha value is -0.900. The third kappa shape index (κ3) is 3.05. The summed E-state index contributed by atoms with van der Waals surface area (Å²) in [7, 11) is 0. The minimum absolute atomic E-state index is 0.175. The van der Waals surface area contributed by atoms with Gasteiger partial charge in [0.05, 0.1) is 12.7 Å². The molecule has 2 fully saturated rings. The van der Waals surface area contributed by atoms with Crippen LogP contribution in [-0.2, 0) is 4.74 Å². The summed E-state index contributed by atoms with van der Waals surface area (Å²) in [6.45, 7) is 2.58. The Morgan fingerprint density at radius 2 is 2.30 bits per heavy atom. The number of benzene rings is 1. The monoisotopic (exact) mass is 293 g/mol. The quantitative estimate of drug-likeness (QED) is 0.799. The molecule has 20 heavy (non-hydrogen) atoms. The SMILES string of the molecule is O=C(CCN1CCOC2CCCC21)c1cccc(Cl)c1. The molecule has 0 N–H and O–H groups in total. The molecule has 0 spiro atoms. The number of carbonyl (C=O) groups excluding carboxylic acids is 1. The summed E-state index contributed by atoms with van der Waals surface area (Å²) in [5.41, 5.74) is 0.716. The van der Waals surface area contributed by atoms with Gasteiger partial charge in [0, 0.05) is 36.1 Å². The highest BCUT2D eigenvalue weighted by molar-refractivity contribution is 6.31. The van der Waals surface area contributed by atoms with Gasteiger partial charge in [-0.25, -0.2) is 0 Å². The van der Waals surface area contributed by atoms with Crippen molar-refractivity contribution in [2.45, 2.75) is 37.8 Å². The molecule has 1 aromatic carbocycles. The molecule has 3 rings (SSSR count). The maximum absolute atomic E-state index is 12.2. The van der Waals surface area contributed by atoms with E-state index in [2.05, 4.69) is 4.90 Å². The second-order valence-corrected chi connectivity index (χ2v) is 6.06. The first-order valence-electron chi connectivity index (χ1n) is 7.38. The fourth-order valence-corrected chi connectivity index (χ4v) is 3.53. The molecular formula is C16H20ClNO2. The molecule has 3 nitrogen and oxygen atoms in total. The normalized spacial score (nSPS) is 26.4. The third-order valence-corrected chi connectivity index (χ3v) is 4.60. The molecule has 1 aromatic rings. The predicted octanol–water partition coefficient (Wildman–Crippen LogP) is 3.17. The fraction of sp³-hybridized carbons (Fsp3) is 0.562. The molecule has 1 saturated heterocycles. The summed E-state index contributed by atoms with van der Waals surface area (Å²) in [6.07, 6.45) is 4.57. The number of fused-ring (bicyclic) bond motifs is 1. The van der Waals surface area contributed by atoms with Crippen LogP contribution in [0.5, 0.6) is 0 Å². The molecule has 1 saturated carbocycles. The van der Waals surface area contributed by atoms with Crippen LogP contribution < -0.4 is 0 Å². The lowest BCUT2D eigenvalue weighted by atomic mass is 10.1. The number of morpholine rings is 1. The van der Waals surface area contributed by atoms with Crippen molar-refractivity contribution in [3.8, 4) is 0 Å². The zero-order valence-corrected chi connectivity index (χ0v) is 12.3. The van der Waals surface area contributed by atoms with Crippen LogP contribution in [0.4, 0.5) is 0 Å². The van der Waals surface area contributed by atoms with Crippen molar-refractivity contribution in [2.24, 2.45) is 0 Å². The van der Waals surface area contributed by atoms with E-state index in [9.17, 15) is 4.79 Å². The maximum Gasteiger partial charge on any atom is 0.164 e. The number of ketones is 1. The van der Waals surface area contributed by atoms with Crippen LogP contribution in [0.25, 0.3) is 0 Å². The van der Waals surface area contributed by atoms with Crippen LogP contribution in [0.1, 0.15) is 36.0 Å². The average Bonchev–Trinajstić information content (AvgIpc) is 2.93. The van der Waals surface area contributed by atoms with Crippen LogP contribution in [0.2, 0.25) is 5.02 Å². The number of halogens is 1. The van der Waals surface area contributed by atoms with Crippen molar-refractivity contribution < 1.29 is 9.53 Å². The predicted molar refractivity (Wildman–Crippen MR) is 79.4 cm³/mol. The van der Waals surface area contributed by atoms with Crippen LogP contribution in [-0.4, -0.2) is 42.5 Å². The number of ether oxygens (including phenoxy) is 1. The number of carbonyl (C=O) groups is 1. The Morgan fingerprint density at radius 3 is 3.15 bits per heavy atom. The molecule has 4 heteroatoms. The molecule has 0 bridgehead atoms. The highest BCUT2D eigenvalue weighted by Crippen LogP contribution is 2.29. The van der Waals surface area contributed by atoms with Crippen LogP contribution in [0.15, 0.2) is 24.3 Å². The van der Waals surface area contributed by atoms with Crippen LogP contribution in [0, 0.1) is 0 Å². The average molecular weight is 294 g/mol. The first kappa shape index (κ1) is 14.1. The van der Waals surface area contributed by atoms with Crippen LogP contribution >= 0.6 is 11.6 Å². The van der Waals surface area contributed by atoms with Gasteiger partial charge >= 0.3 is 0 Å². The Labute approximate surface area is 124 Å². The van der Waals surface area contributed by atoms with E-state index in [4.69, 9.17) is 16.3 Å². The van der Waals surface area contributed by atoms with E-state index in [0.717, 1.165) is 19.7 Å². The molecule has 1 heterocycles. The maximum atomic E-state index is 12.2. The van der Waals surface area contributed by atoms with E-state index in [0.29, 0.717) is 29.2 Å². The summed E-state index contributed by atoms with van der Waals surface area (Å²) >= 11 is 5.93. The summed E-state index contributed by atoms with van der Waals surface area (Å²) < 4.78 is 5.80. The molecule has 2 unspecified atom stereocenters. The molecule has 1 aliphatic carbocycles. The molecule has 0 radical (unpaired) electrons. The number of hydrogen-bond donors (Lipinski definition) is 0. The Bertz CT molecular complexity index is 491. The highest BCUT2D eigenvalue weighted by Gasteiger charge is 2.35. The van der Waals surface area contributed by atoms with Crippen molar-refractivity contribution in [1.82, 2.24) is 4.90 Å². The van der Waals surface area contributed by atoms with E-state index < -0.39 is 0 Å². The van der Waals surface area contributed by atoms with Gasteiger partial charge in [0.1, 0.15) is 0 Å². The molecule has 108 valence electrons. The minimum atomic E-state index is 0.175. The summed E-state index contributed by atoms with van der Waals surface area (Å²) in [6, 6.07) is 7.74. The standard InChI is InChI=1S/C16H20ClNO2/c17-13-4-1-3-12(11-13)15(19)7-8-18-9-10-20-16-6-2-5-14(16)18/h1,3-4,11,14,16H,2,5-10H2. The van der Waals surface area contributed by atoms with Gasteiger partial charge in [-0.05, 0) is 31.4 Å². The van der Waals surface area contributed by atoms with Crippen molar-refractivity contribution in [2.75, 3.05) is 19.7 Å². The van der Waals surface area contributed by atoms with Gasteiger partial charge in [0.2, 0.25) is 0 Å². The lowest BCUT2D eigenvalue weighted by molar-refractivity contribution is -0.0550. The van der Waals surface area contributed by atoms with E-state index >= 15 is 0 Å². The summed E-state index contributed by atoms with van der Waals surface area (Å²) in [4.78, 5) is 14.6. The zero-order valence-electron chi connectivity index (χ0n) is 11.6. The smallest absolute Gasteiger partial charge is 0.164 e. The lowest BCUT2D eigenvalue weighted by Crippen LogP contribution is -2.49. The zero-order chi connectivity index (χ0) is 13.9. The van der Waals surface area contributed by atoms with Crippen molar-refractivity contribution in [3.63, 3.8) is 0 Å². The van der Waals surface area contributed by atoms with E-state index in [1.807, 2.05) is 12.1 Å². The fourth-order valence-electron chi connectivity index (χ4n) is 3.33. The minimum Gasteiger partial charge on any atom is -0.375 e. The second kappa shape index (κ2) is 6.25. The third-order valence-electron chi connectivity index (χ3n) is 4.37. The number of rotatable bonds is 4. The first-order chi connectivity index (χ1) is 9.74. The Kier molecular flexibility index (Phi) is 4.39. The van der Waals surface area contributed by atoms with Crippen molar-refractivity contribution in [3.05, 3.63) is 34.9 Å². The second-order valence-electron chi connectivity index (χ2n) is 5.63. The number of hydrogen-bond acceptors (Lipinski definition) is 3. The van der Waals surface area contributed by atoms with E-state index in [1.165, 1.54) is 19.3 Å². The molecular weight excluding hydrogens is 274 g/mol. The van der Waals surface area contributed by atoms with Crippen LogP contribution in [0.3, 0.4) is 0 Å². The molecule has 0 aromatic heterocycles. The van der Waals surface area contributed by atoms with Gasteiger partial charge < -0.3 is 4.74 Å². The number of nitrogens with zero attached hydrogens (tertiary/aromatic N) is 1. The Balaban J connectivity index is 1.57. The Morgan fingerprint density at radius 1 is 1.40 bits per heavy atom. The first-order valence-corrected chi connectivity index (χ1v) is 7.76. The summed E-state index contributed by atoms with van der Waals surface area (Å²) in [5, 5.41) is 0.623. The van der Waals surface area contributed by atoms with Gasteiger partial charge in [-0.3, -0.25) is 9.69 Å². The molecule has 1 aliphatic heterocycles. The molecule has 2 atom stereocenters. The largest absolute Gasteiger partial charge is 0.375 e. The topological polar surface area (TPSA) is 29.5 Å².